The van der Waals surface area contributed by atoms with Crippen molar-refractivity contribution in [2.24, 2.45) is 0 Å². The van der Waals surface area contributed by atoms with Gasteiger partial charge in [-0.15, -0.1) is 0 Å². The highest BCUT2D eigenvalue weighted by Gasteiger charge is 2.60. The van der Waals surface area contributed by atoms with Crippen LogP contribution in [0.1, 0.15) is 48.6 Å². The summed E-state index contributed by atoms with van der Waals surface area (Å²) in [6, 6.07) is 45.7. The van der Waals surface area contributed by atoms with Crippen LogP contribution < -0.4 is 14.4 Å². The number of rotatable bonds is 8. The van der Waals surface area contributed by atoms with E-state index in [1.54, 1.807) is 7.11 Å². The Balaban J connectivity index is 1.77. The fourth-order valence-electron chi connectivity index (χ4n) is 6.20. The van der Waals surface area contributed by atoms with E-state index in [1.807, 2.05) is 129 Å². The molecule has 0 aliphatic carbocycles. The Hall–Kier alpha value is -4.52. The summed E-state index contributed by atoms with van der Waals surface area (Å²) < 4.78 is 22.5. The minimum Gasteiger partial charge on any atom is -0.497 e. The maximum atomic E-state index is 15.8. The molecule has 2 atom stereocenters. The zero-order valence-corrected chi connectivity index (χ0v) is 26.2. The van der Waals surface area contributed by atoms with Crippen molar-refractivity contribution < 1.29 is 13.7 Å². The standard InChI is InChI=1S/C38H36N2O3S/c1-36(2,3)44(42)39-37(28-17-9-5-10-18-28)33-27-32(43-4)25-26-34(33)40(35(37)41)38(29-19-11-6-12-20-29,30-21-13-7-14-22-30)31-23-15-8-16-24-31/h5-27,39H,1-4H3/t37-,44?/m0/s1. The van der Waals surface area contributed by atoms with Gasteiger partial charge in [0.1, 0.15) is 11.3 Å². The van der Waals surface area contributed by atoms with Crippen LogP contribution in [0.2, 0.25) is 0 Å². The molecule has 222 valence electrons. The molecule has 1 aliphatic heterocycles. The predicted molar refractivity (Wildman–Crippen MR) is 178 cm³/mol. The van der Waals surface area contributed by atoms with Crippen LogP contribution in [0.5, 0.6) is 5.75 Å². The Morgan fingerprint density at radius 2 is 1.14 bits per heavy atom. The van der Waals surface area contributed by atoms with Gasteiger partial charge in [-0.3, -0.25) is 9.69 Å². The maximum Gasteiger partial charge on any atom is 0.258 e. The summed E-state index contributed by atoms with van der Waals surface area (Å²) in [7, 11) is -0.00253. The van der Waals surface area contributed by atoms with Crippen molar-refractivity contribution in [1.82, 2.24) is 4.72 Å². The Labute approximate surface area is 262 Å². The summed E-state index contributed by atoms with van der Waals surface area (Å²) in [6.07, 6.45) is 0. The van der Waals surface area contributed by atoms with Crippen LogP contribution >= 0.6 is 0 Å². The van der Waals surface area contributed by atoms with Gasteiger partial charge in [0.05, 0.1) is 28.5 Å². The van der Waals surface area contributed by atoms with E-state index >= 15 is 4.79 Å². The van der Waals surface area contributed by atoms with E-state index in [4.69, 9.17) is 4.74 Å². The van der Waals surface area contributed by atoms with Crippen LogP contribution in [0.4, 0.5) is 5.69 Å². The summed E-state index contributed by atoms with van der Waals surface area (Å²) in [4.78, 5) is 17.7. The molecular formula is C38H36N2O3S. The Morgan fingerprint density at radius 3 is 1.57 bits per heavy atom. The number of anilines is 1. The predicted octanol–water partition coefficient (Wildman–Crippen LogP) is 7.33. The molecule has 5 nitrogen and oxygen atoms in total. The molecule has 0 saturated carbocycles. The Kier molecular flexibility index (Phi) is 7.74. The van der Waals surface area contributed by atoms with E-state index in [0.29, 0.717) is 22.6 Å². The van der Waals surface area contributed by atoms with Gasteiger partial charge in [-0.2, -0.15) is 0 Å². The number of amides is 1. The third kappa shape index (κ3) is 4.66. The molecule has 0 bridgehead atoms. The van der Waals surface area contributed by atoms with E-state index in [2.05, 4.69) is 41.1 Å². The summed E-state index contributed by atoms with van der Waals surface area (Å²) in [5, 5.41) is 0. The van der Waals surface area contributed by atoms with Crippen molar-refractivity contribution in [1.29, 1.82) is 0 Å². The van der Waals surface area contributed by atoms with Crippen LogP contribution in [0.25, 0.3) is 0 Å². The number of benzene rings is 5. The molecule has 44 heavy (non-hydrogen) atoms. The fourth-order valence-corrected chi connectivity index (χ4v) is 7.10. The van der Waals surface area contributed by atoms with E-state index in [0.717, 1.165) is 16.7 Å². The molecule has 1 unspecified atom stereocenters. The van der Waals surface area contributed by atoms with E-state index < -0.39 is 26.8 Å². The van der Waals surface area contributed by atoms with Crippen LogP contribution in [-0.4, -0.2) is 22.0 Å². The quantitative estimate of drug-likeness (QED) is 0.190. The zero-order valence-electron chi connectivity index (χ0n) is 25.4. The molecule has 0 aromatic heterocycles. The SMILES string of the molecule is COc1ccc2c(c1)[C@@](NS(=O)C(C)(C)C)(c1ccccc1)C(=O)N2C(c1ccccc1)(c1ccccc1)c1ccccc1. The monoisotopic (exact) mass is 600 g/mol. The van der Waals surface area contributed by atoms with Gasteiger partial charge in [0.15, 0.2) is 5.54 Å². The number of hydrogen-bond acceptors (Lipinski definition) is 3. The minimum atomic E-state index is -1.62. The molecule has 0 saturated heterocycles. The fraction of sp³-hybridized carbons (Fsp3) is 0.184. The normalized spacial score (nSPS) is 17.3. The lowest BCUT2D eigenvalue weighted by atomic mass is 9.75. The highest BCUT2D eigenvalue weighted by molar-refractivity contribution is 7.84. The van der Waals surface area contributed by atoms with E-state index in [1.165, 1.54) is 0 Å². The van der Waals surface area contributed by atoms with Crippen molar-refractivity contribution in [2.75, 3.05) is 12.0 Å². The molecule has 1 amide bonds. The van der Waals surface area contributed by atoms with Gasteiger partial charge in [-0.1, -0.05) is 121 Å². The first-order chi connectivity index (χ1) is 21.2. The number of carbonyl (C=O) groups excluding carboxylic acids is 1. The van der Waals surface area contributed by atoms with Gasteiger partial charge in [-0.05, 0) is 61.2 Å². The second kappa shape index (κ2) is 11.5. The first-order valence-corrected chi connectivity index (χ1v) is 15.8. The van der Waals surface area contributed by atoms with Crippen molar-refractivity contribution in [2.45, 2.75) is 36.6 Å². The smallest absolute Gasteiger partial charge is 0.258 e. The molecule has 5 aromatic carbocycles. The molecule has 0 spiro atoms. The number of hydrogen-bond donors (Lipinski definition) is 1. The summed E-state index contributed by atoms with van der Waals surface area (Å²) in [6.45, 7) is 5.71. The highest BCUT2D eigenvalue weighted by Crippen LogP contribution is 2.54. The van der Waals surface area contributed by atoms with Crippen LogP contribution in [0, 0.1) is 0 Å². The van der Waals surface area contributed by atoms with Gasteiger partial charge < -0.3 is 4.74 Å². The minimum absolute atomic E-state index is 0.235. The highest BCUT2D eigenvalue weighted by atomic mass is 32.2. The summed E-state index contributed by atoms with van der Waals surface area (Å²) in [5.74, 6) is 0.368. The van der Waals surface area contributed by atoms with Crippen molar-refractivity contribution in [3.8, 4) is 5.75 Å². The van der Waals surface area contributed by atoms with Crippen LogP contribution in [0.3, 0.4) is 0 Å². The number of fused-ring (bicyclic) bond motifs is 1. The van der Waals surface area contributed by atoms with Crippen molar-refractivity contribution in [3.05, 3.63) is 167 Å². The average Bonchev–Trinajstić information content (AvgIpc) is 3.30. The zero-order chi connectivity index (χ0) is 31.0. The molecule has 5 aromatic rings. The largest absolute Gasteiger partial charge is 0.497 e. The third-order valence-corrected chi connectivity index (χ3v) is 9.90. The maximum absolute atomic E-state index is 15.8. The molecule has 6 heteroatoms. The topological polar surface area (TPSA) is 58.6 Å². The number of nitrogens with one attached hydrogen (secondary N) is 1. The molecule has 6 rings (SSSR count). The number of methoxy groups -OCH3 is 1. The summed E-state index contributed by atoms with van der Waals surface area (Å²) in [5.41, 5.74) is 2.29. The first-order valence-electron chi connectivity index (χ1n) is 14.7. The molecule has 0 radical (unpaired) electrons. The number of ether oxygens (including phenoxy) is 1. The lowest BCUT2D eigenvalue weighted by molar-refractivity contribution is -0.123. The number of carbonyl (C=O) groups is 1. The Bertz CT molecular complexity index is 1690. The van der Waals surface area contributed by atoms with Crippen LogP contribution in [0.15, 0.2) is 140 Å². The van der Waals surface area contributed by atoms with E-state index in [9.17, 15) is 4.21 Å². The number of nitrogens with zero attached hydrogens (tertiary/aromatic N) is 1. The molecule has 1 N–H and O–H groups in total. The van der Waals surface area contributed by atoms with Gasteiger partial charge in [-0.25, -0.2) is 8.93 Å². The second-order valence-corrected chi connectivity index (χ2v) is 13.9. The lowest BCUT2D eigenvalue weighted by Crippen LogP contribution is -2.59. The van der Waals surface area contributed by atoms with Gasteiger partial charge in [0, 0.05) is 5.56 Å². The molecule has 1 heterocycles. The second-order valence-electron chi connectivity index (χ2n) is 11.9. The molecule has 1 aliphatic rings. The van der Waals surface area contributed by atoms with E-state index in [-0.39, 0.29) is 5.91 Å². The first kappa shape index (κ1) is 29.5. The van der Waals surface area contributed by atoms with Gasteiger partial charge in [0.25, 0.3) is 5.91 Å². The van der Waals surface area contributed by atoms with Crippen molar-refractivity contribution >= 4 is 22.6 Å². The van der Waals surface area contributed by atoms with Crippen molar-refractivity contribution in [3.63, 3.8) is 0 Å². The van der Waals surface area contributed by atoms with Crippen LogP contribution in [-0.2, 0) is 26.9 Å². The third-order valence-electron chi connectivity index (χ3n) is 8.29. The summed E-state index contributed by atoms with van der Waals surface area (Å²) >= 11 is 0. The molecular weight excluding hydrogens is 564 g/mol. The molecule has 0 fully saturated rings. The lowest BCUT2D eigenvalue weighted by Gasteiger charge is -2.45. The average molecular weight is 601 g/mol. The van der Waals surface area contributed by atoms with Gasteiger partial charge in [0.2, 0.25) is 0 Å². The Morgan fingerprint density at radius 1 is 0.682 bits per heavy atom. The van der Waals surface area contributed by atoms with Gasteiger partial charge >= 0.3 is 0 Å².